The smallest absolute Gasteiger partial charge is 0.146 e. The molecule has 0 saturated heterocycles. The first kappa shape index (κ1) is 14.0. The summed E-state index contributed by atoms with van der Waals surface area (Å²) in [6.07, 6.45) is 2.46. The Balaban J connectivity index is 2.86. The SMILES string of the molecule is CCCCN(CCC#N)c1cc(Br)ccc1F. The summed E-state index contributed by atoms with van der Waals surface area (Å²) >= 11 is 3.34. The van der Waals surface area contributed by atoms with Crippen molar-refractivity contribution in [3.63, 3.8) is 0 Å². The molecule has 0 spiro atoms. The Hall–Kier alpha value is -1.08. The Bertz CT molecular complexity index is 401. The highest BCUT2D eigenvalue weighted by Crippen LogP contribution is 2.24. The molecular weight excluding hydrogens is 283 g/mol. The number of halogens is 2. The van der Waals surface area contributed by atoms with E-state index in [0.717, 1.165) is 23.9 Å². The first-order valence-corrected chi connectivity index (χ1v) is 6.55. The molecule has 0 radical (unpaired) electrons. The van der Waals surface area contributed by atoms with E-state index >= 15 is 0 Å². The topological polar surface area (TPSA) is 27.0 Å². The third-order valence-corrected chi connectivity index (χ3v) is 3.02. The molecule has 0 N–H and O–H groups in total. The second-order valence-electron chi connectivity index (χ2n) is 3.84. The van der Waals surface area contributed by atoms with E-state index in [-0.39, 0.29) is 5.82 Å². The zero-order valence-electron chi connectivity index (χ0n) is 9.92. The molecule has 0 fully saturated rings. The van der Waals surface area contributed by atoms with Crippen molar-refractivity contribution in [1.82, 2.24) is 0 Å². The monoisotopic (exact) mass is 298 g/mol. The number of rotatable bonds is 6. The van der Waals surface area contributed by atoms with Crippen molar-refractivity contribution in [3.8, 4) is 6.07 Å². The van der Waals surface area contributed by atoms with Gasteiger partial charge in [-0.25, -0.2) is 4.39 Å². The second kappa shape index (κ2) is 7.29. The number of hydrogen-bond donors (Lipinski definition) is 0. The average molecular weight is 299 g/mol. The maximum Gasteiger partial charge on any atom is 0.146 e. The molecule has 0 atom stereocenters. The summed E-state index contributed by atoms with van der Waals surface area (Å²) in [6.45, 7) is 3.45. The zero-order chi connectivity index (χ0) is 12.7. The molecular formula is C13H16BrFN2. The lowest BCUT2D eigenvalue weighted by atomic mass is 10.2. The minimum Gasteiger partial charge on any atom is -0.368 e. The van der Waals surface area contributed by atoms with E-state index in [4.69, 9.17) is 5.26 Å². The molecule has 17 heavy (non-hydrogen) atoms. The van der Waals surface area contributed by atoms with Gasteiger partial charge in [0.2, 0.25) is 0 Å². The van der Waals surface area contributed by atoms with Crippen LogP contribution in [0.15, 0.2) is 22.7 Å². The Labute approximate surface area is 110 Å². The van der Waals surface area contributed by atoms with Crippen molar-refractivity contribution in [3.05, 3.63) is 28.5 Å². The predicted molar refractivity (Wildman–Crippen MR) is 71.5 cm³/mol. The van der Waals surface area contributed by atoms with Crippen molar-refractivity contribution in [2.45, 2.75) is 26.2 Å². The molecule has 0 saturated carbocycles. The molecule has 0 unspecified atom stereocenters. The van der Waals surface area contributed by atoms with E-state index in [9.17, 15) is 4.39 Å². The van der Waals surface area contributed by atoms with Gasteiger partial charge in [0.1, 0.15) is 5.82 Å². The van der Waals surface area contributed by atoms with E-state index in [1.807, 2.05) is 4.90 Å². The minimum atomic E-state index is -0.234. The first-order chi connectivity index (χ1) is 8.19. The molecule has 1 aromatic rings. The van der Waals surface area contributed by atoms with Crippen molar-refractivity contribution in [2.75, 3.05) is 18.0 Å². The fourth-order valence-electron chi connectivity index (χ4n) is 1.61. The molecule has 0 aliphatic carbocycles. The standard InChI is InChI=1S/C13H16BrFN2/c1-2-3-8-17(9-4-7-16)13-10-11(14)5-6-12(13)15/h5-6,10H,2-4,8-9H2,1H3. The summed E-state index contributed by atoms with van der Waals surface area (Å²) < 4.78 is 14.6. The third kappa shape index (κ3) is 4.35. The fourth-order valence-corrected chi connectivity index (χ4v) is 1.96. The van der Waals surface area contributed by atoms with Gasteiger partial charge in [0.05, 0.1) is 18.2 Å². The van der Waals surface area contributed by atoms with E-state index in [1.54, 1.807) is 12.1 Å². The van der Waals surface area contributed by atoms with Crippen molar-refractivity contribution in [2.24, 2.45) is 0 Å². The largest absolute Gasteiger partial charge is 0.368 e. The van der Waals surface area contributed by atoms with Crippen LogP contribution in [0.25, 0.3) is 0 Å². The van der Waals surface area contributed by atoms with Gasteiger partial charge in [-0.15, -0.1) is 0 Å². The van der Waals surface area contributed by atoms with E-state index in [1.165, 1.54) is 6.07 Å². The highest BCUT2D eigenvalue weighted by atomic mass is 79.9. The maximum absolute atomic E-state index is 13.7. The second-order valence-corrected chi connectivity index (χ2v) is 4.76. The average Bonchev–Trinajstić information content (AvgIpc) is 2.33. The minimum absolute atomic E-state index is 0.234. The van der Waals surface area contributed by atoms with Crippen LogP contribution in [0.1, 0.15) is 26.2 Å². The summed E-state index contributed by atoms with van der Waals surface area (Å²) in [5.41, 5.74) is 0.572. The Morgan fingerprint density at radius 1 is 1.41 bits per heavy atom. The summed E-state index contributed by atoms with van der Waals surface area (Å²) in [6, 6.07) is 7.00. The molecule has 0 aromatic heterocycles. The van der Waals surface area contributed by atoms with E-state index < -0.39 is 0 Å². The lowest BCUT2D eigenvalue weighted by Gasteiger charge is -2.24. The molecule has 2 nitrogen and oxygen atoms in total. The first-order valence-electron chi connectivity index (χ1n) is 5.76. The lowest BCUT2D eigenvalue weighted by molar-refractivity contribution is 0.611. The fraction of sp³-hybridized carbons (Fsp3) is 0.462. The van der Waals surface area contributed by atoms with Gasteiger partial charge in [-0.1, -0.05) is 29.3 Å². The highest BCUT2D eigenvalue weighted by molar-refractivity contribution is 9.10. The number of anilines is 1. The Morgan fingerprint density at radius 3 is 2.82 bits per heavy atom. The molecule has 0 amide bonds. The van der Waals surface area contributed by atoms with Gasteiger partial charge >= 0.3 is 0 Å². The Kier molecular flexibility index (Phi) is 5.99. The van der Waals surface area contributed by atoms with Crippen LogP contribution in [-0.4, -0.2) is 13.1 Å². The third-order valence-electron chi connectivity index (χ3n) is 2.52. The van der Waals surface area contributed by atoms with Crippen LogP contribution in [0.2, 0.25) is 0 Å². The van der Waals surface area contributed by atoms with E-state index in [0.29, 0.717) is 18.7 Å². The predicted octanol–water partition coefficient (Wildman–Crippen LogP) is 4.11. The van der Waals surface area contributed by atoms with Crippen LogP contribution in [0.3, 0.4) is 0 Å². The van der Waals surface area contributed by atoms with Crippen molar-refractivity contribution >= 4 is 21.6 Å². The normalized spacial score (nSPS) is 10.0. The quantitative estimate of drug-likeness (QED) is 0.790. The van der Waals surface area contributed by atoms with Gasteiger partial charge in [0.25, 0.3) is 0 Å². The highest BCUT2D eigenvalue weighted by Gasteiger charge is 2.11. The molecule has 0 aliphatic heterocycles. The van der Waals surface area contributed by atoms with Crippen molar-refractivity contribution in [1.29, 1.82) is 5.26 Å². The van der Waals surface area contributed by atoms with Gasteiger partial charge in [-0.2, -0.15) is 5.26 Å². The molecule has 92 valence electrons. The van der Waals surface area contributed by atoms with Gasteiger partial charge in [-0.05, 0) is 24.6 Å². The van der Waals surface area contributed by atoms with Gasteiger partial charge in [0.15, 0.2) is 0 Å². The van der Waals surface area contributed by atoms with Crippen LogP contribution in [0.5, 0.6) is 0 Å². The number of hydrogen-bond acceptors (Lipinski definition) is 2. The molecule has 0 aliphatic rings. The van der Waals surface area contributed by atoms with Crippen LogP contribution < -0.4 is 4.90 Å². The van der Waals surface area contributed by atoms with Crippen LogP contribution in [0, 0.1) is 17.1 Å². The van der Waals surface area contributed by atoms with Crippen LogP contribution in [-0.2, 0) is 0 Å². The van der Waals surface area contributed by atoms with Crippen LogP contribution in [0.4, 0.5) is 10.1 Å². The number of unbranched alkanes of at least 4 members (excludes halogenated alkanes) is 1. The van der Waals surface area contributed by atoms with Gasteiger partial charge in [-0.3, -0.25) is 0 Å². The van der Waals surface area contributed by atoms with Crippen LogP contribution >= 0.6 is 15.9 Å². The number of nitrogens with zero attached hydrogens (tertiary/aromatic N) is 2. The summed E-state index contributed by atoms with van der Waals surface area (Å²) in [5.74, 6) is -0.234. The summed E-state index contributed by atoms with van der Waals surface area (Å²) in [7, 11) is 0. The lowest BCUT2D eigenvalue weighted by Crippen LogP contribution is -2.26. The summed E-state index contributed by atoms with van der Waals surface area (Å²) in [5, 5.41) is 8.63. The number of nitriles is 1. The zero-order valence-corrected chi connectivity index (χ0v) is 11.5. The summed E-state index contributed by atoms with van der Waals surface area (Å²) in [4.78, 5) is 1.94. The van der Waals surface area contributed by atoms with Gasteiger partial charge < -0.3 is 4.90 Å². The van der Waals surface area contributed by atoms with Crippen molar-refractivity contribution < 1.29 is 4.39 Å². The molecule has 1 aromatic carbocycles. The van der Waals surface area contributed by atoms with E-state index in [2.05, 4.69) is 28.9 Å². The molecule has 1 rings (SSSR count). The maximum atomic E-state index is 13.7. The van der Waals surface area contributed by atoms with Gasteiger partial charge in [0, 0.05) is 17.6 Å². The Morgan fingerprint density at radius 2 is 2.18 bits per heavy atom. The number of benzene rings is 1. The molecule has 0 bridgehead atoms. The molecule has 0 heterocycles. The molecule has 4 heteroatoms.